The molecular formula is C42H49N3O6. The minimum atomic E-state index is -1.69. The summed E-state index contributed by atoms with van der Waals surface area (Å²) in [7, 11) is 0. The van der Waals surface area contributed by atoms with Crippen molar-refractivity contribution in [1.29, 1.82) is 0 Å². The van der Waals surface area contributed by atoms with E-state index in [0.29, 0.717) is 19.4 Å². The van der Waals surface area contributed by atoms with Gasteiger partial charge in [0.25, 0.3) is 0 Å². The normalized spacial score (nSPS) is 12.7. The van der Waals surface area contributed by atoms with Gasteiger partial charge in [-0.15, -0.1) is 0 Å². The van der Waals surface area contributed by atoms with E-state index in [-0.39, 0.29) is 44.4 Å². The SMILES string of the molecule is CC(=O)NCCOC(=O)C(CCc1ccccc1)CN(CC(C)C)C(=O)N[C@@](Cc1ccccc1)(Cc1ccc(-c2ccccc2)cc1)C(=O)O. The molecule has 4 aromatic rings. The molecule has 0 radical (unpaired) electrons. The Kier molecular flexibility index (Phi) is 14.4. The van der Waals surface area contributed by atoms with Gasteiger partial charge in [0.1, 0.15) is 12.1 Å². The van der Waals surface area contributed by atoms with E-state index in [1.807, 2.05) is 129 Å². The first-order valence-electron chi connectivity index (χ1n) is 17.5. The monoisotopic (exact) mass is 691 g/mol. The van der Waals surface area contributed by atoms with Crippen LogP contribution in [0.15, 0.2) is 115 Å². The maximum atomic E-state index is 14.3. The average Bonchev–Trinajstić information content (AvgIpc) is 3.12. The van der Waals surface area contributed by atoms with Gasteiger partial charge in [0.2, 0.25) is 5.91 Å². The zero-order valence-corrected chi connectivity index (χ0v) is 29.7. The molecule has 0 heterocycles. The number of esters is 1. The van der Waals surface area contributed by atoms with Crippen molar-refractivity contribution in [2.45, 2.75) is 52.0 Å². The molecule has 9 heteroatoms. The van der Waals surface area contributed by atoms with Gasteiger partial charge in [0.15, 0.2) is 0 Å². The zero-order chi connectivity index (χ0) is 36.6. The zero-order valence-electron chi connectivity index (χ0n) is 29.7. The van der Waals surface area contributed by atoms with Crippen LogP contribution < -0.4 is 10.6 Å². The highest BCUT2D eigenvalue weighted by Gasteiger charge is 2.42. The Hall–Kier alpha value is -5.44. The van der Waals surface area contributed by atoms with Crippen molar-refractivity contribution >= 4 is 23.9 Å². The summed E-state index contributed by atoms with van der Waals surface area (Å²) in [5, 5.41) is 16.5. The smallest absolute Gasteiger partial charge is 0.330 e. The molecule has 9 nitrogen and oxygen atoms in total. The summed E-state index contributed by atoms with van der Waals surface area (Å²) in [4.78, 5) is 54.0. The molecule has 4 aromatic carbocycles. The molecule has 0 aliphatic heterocycles. The van der Waals surface area contributed by atoms with E-state index >= 15 is 0 Å². The molecule has 3 amide bonds. The Bertz CT molecular complexity index is 1700. The molecule has 0 fully saturated rings. The number of carbonyl (C=O) groups excluding carboxylic acids is 3. The highest BCUT2D eigenvalue weighted by Crippen LogP contribution is 2.25. The van der Waals surface area contributed by atoms with Crippen molar-refractivity contribution in [1.82, 2.24) is 15.5 Å². The largest absolute Gasteiger partial charge is 0.479 e. The maximum Gasteiger partial charge on any atom is 0.330 e. The molecule has 0 aliphatic carbocycles. The maximum absolute atomic E-state index is 14.3. The summed E-state index contributed by atoms with van der Waals surface area (Å²) in [6, 6.07) is 36.1. The van der Waals surface area contributed by atoms with Crippen LogP contribution in [0, 0.1) is 11.8 Å². The lowest BCUT2D eigenvalue weighted by molar-refractivity contribution is -0.149. The number of amides is 3. The molecule has 3 N–H and O–H groups in total. The van der Waals surface area contributed by atoms with E-state index in [9.17, 15) is 24.3 Å². The Morgan fingerprint density at radius 1 is 0.725 bits per heavy atom. The molecule has 0 saturated heterocycles. The van der Waals surface area contributed by atoms with E-state index in [2.05, 4.69) is 10.6 Å². The number of benzene rings is 4. The minimum Gasteiger partial charge on any atom is -0.479 e. The van der Waals surface area contributed by atoms with Gasteiger partial charge in [0, 0.05) is 32.9 Å². The van der Waals surface area contributed by atoms with Gasteiger partial charge in [-0.3, -0.25) is 9.59 Å². The number of nitrogens with one attached hydrogen (secondary N) is 2. The van der Waals surface area contributed by atoms with Crippen LogP contribution in [0.25, 0.3) is 11.1 Å². The predicted octanol–water partition coefficient (Wildman–Crippen LogP) is 6.56. The fourth-order valence-corrected chi connectivity index (χ4v) is 6.09. The number of nitrogens with zero attached hydrogens (tertiary/aromatic N) is 1. The first-order chi connectivity index (χ1) is 24.5. The Labute approximate surface area is 301 Å². The van der Waals surface area contributed by atoms with Crippen LogP contribution in [0.3, 0.4) is 0 Å². The second-order valence-corrected chi connectivity index (χ2v) is 13.4. The minimum absolute atomic E-state index is 0.00110. The number of urea groups is 1. The molecule has 0 spiro atoms. The van der Waals surface area contributed by atoms with Gasteiger partial charge in [-0.1, -0.05) is 129 Å². The molecule has 0 aromatic heterocycles. The van der Waals surface area contributed by atoms with Crippen molar-refractivity contribution < 1.29 is 29.0 Å². The summed E-state index contributed by atoms with van der Waals surface area (Å²) >= 11 is 0. The molecular weight excluding hydrogens is 642 g/mol. The van der Waals surface area contributed by atoms with E-state index in [1.54, 1.807) is 0 Å². The van der Waals surface area contributed by atoms with Gasteiger partial charge in [-0.25, -0.2) is 9.59 Å². The van der Waals surface area contributed by atoms with Crippen molar-refractivity contribution in [3.05, 3.63) is 132 Å². The van der Waals surface area contributed by atoms with Gasteiger partial charge in [-0.05, 0) is 46.6 Å². The van der Waals surface area contributed by atoms with Crippen LogP contribution in [-0.2, 0) is 38.4 Å². The number of hydrogen-bond donors (Lipinski definition) is 3. The second-order valence-electron chi connectivity index (χ2n) is 13.4. The Morgan fingerprint density at radius 3 is 1.80 bits per heavy atom. The summed E-state index contributed by atoms with van der Waals surface area (Å²) < 4.78 is 5.56. The number of aryl methyl sites for hydroxylation is 1. The average molecular weight is 692 g/mol. The molecule has 268 valence electrons. The summed E-state index contributed by atoms with van der Waals surface area (Å²) in [5.74, 6) is -2.53. The Balaban J connectivity index is 1.62. The van der Waals surface area contributed by atoms with Crippen molar-refractivity contribution in [3.63, 3.8) is 0 Å². The van der Waals surface area contributed by atoms with Crippen LogP contribution in [-0.4, -0.2) is 65.7 Å². The number of carbonyl (C=O) groups is 4. The quantitative estimate of drug-likeness (QED) is 0.0803. The van der Waals surface area contributed by atoms with Crippen molar-refractivity contribution in [3.8, 4) is 11.1 Å². The van der Waals surface area contributed by atoms with E-state index in [4.69, 9.17) is 4.74 Å². The molecule has 0 saturated carbocycles. The number of rotatable bonds is 18. The van der Waals surface area contributed by atoms with Gasteiger partial charge in [0.05, 0.1) is 12.5 Å². The first-order valence-corrected chi connectivity index (χ1v) is 17.5. The number of carboxylic acids is 1. The second kappa shape index (κ2) is 19.1. The highest BCUT2D eigenvalue weighted by atomic mass is 16.5. The summed E-state index contributed by atoms with van der Waals surface area (Å²) in [5.41, 5.74) is 2.92. The number of ether oxygens (including phenoxy) is 1. The van der Waals surface area contributed by atoms with Crippen LogP contribution in [0.4, 0.5) is 4.79 Å². The first kappa shape index (κ1) is 38.4. The molecule has 51 heavy (non-hydrogen) atoms. The van der Waals surface area contributed by atoms with Crippen LogP contribution in [0.5, 0.6) is 0 Å². The molecule has 1 unspecified atom stereocenters. The van der Waals surface area contributed by atoms with Gasteiger partial charge >= 0.3 is 18.0 Å². The Morgan fingerprint density at radius 2 is 1.25 bits per heavy atom. The lowest BCUT2D eigenvalue weighted by Gasteiger charge is -2.35. The third kappa shape index (κ3) is 12.1. The van der Waals surface area contributed by atoms with Crippen LogP contribution in [0.2, 0.25) is 0 Å². The summed E-state index contributed by atoms with van der Waals surface area (Å²) in [6.45, 7) is 5.82. The standard InChI is InChI=1S/C42H49N3O6/c1-31(2)29-45(30-38(24-19-33-13-7-4-8-14-33)39(47)51-26-25-43-32(3)46)41(50)44-42(40(48)49,27-34-15-9-5-10-16-34)28-35-20-22-37(23-21-35)36-17-11-6-12-18-36/h4-18,20-23,31,38H,19,24-30H2,1-3H3,(H,43,46)(H,44,50)(H,48,49)/t38?,42-/m0/s1. The summed E-state index contributed by atoms with van der Waals surface area (Å²) in [6.07, 6.45) is 1.08. The lowest BCUT2D eigenvalue weighted by Crippen LogP contribution is -2.61. The number of hydrogen-bond acceptors (Lipinski definition) is 5. The van der Waals surface area contributed by atoms with E-state index in [0.717, 1.165) is 27.8 Å². The predicted molar refractivity (Wildman–Crippen MR) is 199 cm³/mol. The van der Waals surface area contributed by atoms with E-state index < -0.39 is 29.4 Å². The molecule has 4 rings (SSSR count). The van der Waals surface area contributed by atoms with Gasteiger partial charge in [-0.2, -0.15) is 0 Å². The van der Waals surface area contributed by atoms with Crippen molar-refractivity contribution in [2.24, 2.45) is 11.8 Å². The van der Waals surface area contributed by atoms with Gasteiger partial charge < -0.3 is 25.4 Å². The van der Waals surface area contributed by atoms with E-state index in [1.165, 1.54) is 11.8 Å². The molecule has 0 bridgehead atoms. The number of carboxylic acid groups (broad SMARTS) is 1. The molecule has 0 aliphatic rings. The van der Waals surface area contributed by atoms with Crippen LogP contribution in [0.1, 0.15) is 43.9 Å². The molecule has 2 atom stereocenters. The number of aliphatic carboxylic acids is 1. The fraction of sp³-hybridized carbons (Fsp3) is 0.333. The highest BCUT2D eigenvalue weighted by molar-refractivity contribution is 5.87. The van der Waals surface area contributed by atoms with Crippen LogP contribution >= 0.6 is 0 Å². The third-order valence-corrected chi connectivity index (χ3v) is 8.66. The fourth-order valence-electron chi connectivity index (χ4n) is 6.09. The van der Waals surface area contributed by atoms with Crippen molar-refractivity contribution in [2.75, 3.05) is 26.2 Å². The third-order valence-electron chi connectivity index (χ3n) is 8.66. The lowest BCUT2D eigenvalue weighted by atomic mass is 9.84. The topological polar surface area (TPSA) is 125 Å².